The first-order valence-corrected chi connectivity index (χ1v) is 4.13. The van der Waals surface area contributed by atoms with Gasteiger partial charge in [-0.1, -0.05) is 35.3 Å². The monoisotopic (exact) mass is 200 g/mol. The Balaban J connectivity index is 3.03. The molecular formula is C9H6Cl2O. The first-order valence-electron chi connectivity index (χ1n) is 3.31. The molecule has 0 aliphatic carbocycles. The van der Waals surface area contributed by atoms with E-state index in [1.807, 2.05) is 0 Å². The maximum absolute atomic E-state index is 11.2. The lowest BCUT2D eigenvalue weighted by Crippen LogP contribution is -1.93. The SMILES string of the molecule is O=C(/C=C/Cl)c1ccccc1Cl. The van der Waals surface area contributed by atoms with Gasteiger partial charge in [-0.05, 0) is 18.2 Å². The second-order valence-corrected chi connectivity index (χ2v) is 2.80. The molecule has 0 bridgehead atoms. The van der Waals surface area contributed by atoms with Crippen LogP contribution in [0, 0.1) is 0 Å². The largest absolute Gasteiger partial charge is 0.289 e. The molecule has 0 fully saturated rings. The van der Waals surface area contributed by atoms with Crippen LogP contribution in [0.4, 0.5) is 0 Å². The lowest BCUT2D eigenvalue weighted by Gasteiger charge is -1.96. The molecule has 0 heterocycles. The van der Waals surface area contributed by atoms with Crippen LogP contribution in [-0.4, -0.2) is 5.78 Å². The van der Waals surface area contributed by atoms with Gasteiger partial charge in [-0.25, -0.2) is 0 Å². The van der Waals surface area contributed by atoms with Gasteiger partial charge < -0.3 is 0 Å². The summed E-state index contributed by atoms with van der Waals surface area (Å²) in [7, 11) is 0. The number of carbonyl (C=O) groups excluding carboxylic acids is 1. The summed E-state index contributed by atoms with van der Waals surface area (Å²) in [4.78, 5) is 11.2. The maximum atomic E-state index is 11.2. The normalized spacial score (nSPS) is 10.5. The van der Waals surface area contributed by atoms with E-state index in [-0.39, 0.29) is 5.78 Å². The molecule has 1 nitrogen and oxygen atoms in total. The molecular weight excluding hydrogens is 195 g/mol. The number of ketones is 1. The van der Waals surface area contributed by atoms with Gasteiger partial charge >= 0.3 is 0 Å². The van der Waals surface area contributed by atoms with Gasteiger partial charge in [0, 0.05) is 11.1 Å². The van der Waals surface area contributed by atoms with E-state index in [0.717, 1.165) is 0 Å². The van der Waals surface area contributed by atoms with Crippen molar-refractivity contribution < 1.29 is 4.79 Å². The molecule has 1 aromatic rings. The van der Waals surface area contributed by atoms with Crippen molar-refractivity contribution in [1.82, 2.24) is 0 Å². The molecule has 0 aliphatic rings. The Morgan fingerprint density at radius 3 is 2.58 bits per heavy atom. The van der Waals surface area contributed by atoms with Crippen LogP contribution in [0.2, 0.25) is 5.02 Å². The van der Waals surface area contributed by atoms with Gasteiger partial charge in [-0.15, -0.1) is 0 Å². The Kier molecular flexibility index (Phi) is 3.32. The van der Waals surface area contributed by atoms with Crippen LogP contribution in [0.5, 0.6) is 0 Å². The van der Waals surface area contributed by atoms with E-state index in [1.54, 1.807) is 24.3 Å². The van der Waals surface area contributed by atoms with E-state index in [1.165, 1.54) is 11.6 Å². The fourth-order valence-corrected chi connectivity index (χ4v) is 1.15. The van der Waals surface area contributed by atoms with Crippen molar-refractivity contribution in [1.29, 1.82) is 0 Å². The van der Waals surface area contributed by atoms with Gasteiger partial charge in [0.1, 0.15) is 0 Å². The molecule has 0 aromatic heterocycles. The quantitative estimate of drug-likeness (QED) is 0.530. The van der Waals surface area contributed by atoms with E-state index in [0.29, 0.717) is 10.6 Å². The van der Waals surface area contributed by atoms with Crippen molar-refractivity contribution in [2.75, 3.05) is 0 Å². The van der Waals surface area contributed by atoms with Crippen molar-refractivity contribution in [3.8, 4) is 0 Å². The molecule has 0 saturated heterocycles. The summed E-state index contributed by atoms with van der Waals surface area (Å²) in [6, 6.07) is 6.84. The third-order valence-electron chi connectivity index (χ3n) is 1.35. The molecule has 0 unspecified atom stereocenters. The summed E-state index contributed by atoms with van der Waals surface area (Å²) in [5.41, 5.74) is 1.64. The smallest absolute Gasteiger partial charge is 0.188 e. The molecule has 0 radical (unpaired) electrons. The van der Waals surface area contributed by atoms with E-state index >= 15 is 0 Å². The van der Waals surface area contributed by atoms with Crippen LogP contribution in [0.25, 0.3) is 0 Å². The average Bonchev–Trinajstić information content (AvgIpc) is 2.05. The Hall–Kier alpha value is -0.790. The van der Waals surface area contributed by atoms with Crippen molar-refractivity contribution in [3.63, 3.8) is 0 Å². The minimum Gasteiger partial charge on any atom is -0.289 e. The summed E-state index contributed by atoms with van der Waals surface area (Å²) >= 11 is 11.0. The van der Waals surface area contributed by atoms with Crippen molar-refractivity contribution in [2.45, 2.75) is 0 Å². The number of rotatable bonds is 2. The van der Waals surface area contributed by atoms with Crippen molar-refractivity contribution >= 4 is 29.0 Å². The zero-order valence-electron chi connectivity index (χ0n) is 6.13. The number of benzene rings is 1. The maximum Gasteiger partial charge on any atom is 0.188 e. The van der Waals surface area contributed by atoms with Gasteiger partial charge in [0.2, 0.25) is 0 Å². The second kappa shape index (κ2) is 4.29. The fraction of sp³-hybridized carbons (Fsp3) is 0. The van der Waals surface area contributed by atoms with Crippen LogP contribution >= 0.6 is 23.2 Å². The summed E-state index contributed by atoms with van der Waals surface area (Å²) < 4.78 is 0. The topological polar surface area (TPSA) is 17.1 Å². The zero-order valence-corrected chi connectivity index (χ0v) is 7.64. The highest BCUT2D eigenvalue weighted by Gasteiger charge is 2.04. The molecule has 0 saturated carbocycles. The molecule has 1 rings (SSSR count). The Morgan fingerprint density at radius 2 is 2.00 bits per heavy atom. The minimum atomic E-state index is -0.185. The lowest BCUT2D eigenvalue weighted by atomic mass is 10.1. The Morgan fingerprint density at radius 1 is 1.33 bits per heavy atom. The average molecular weight is 201 g/mol. The minimum absolute atomic E-state index is 0.185. The first-order chi connectivity index (χ1) is 5.75. The van der Waals surface area contributed by atoms with Crippen LogP contribution < -0.4 is 0 Å². The number of hydrogen-bond acceptors (Lipinski definition) is 1. The van der Waals surface area contributed by atoms with Gasteiger partial charge in [0.05, 0.1) is 5.02 Å². The van der Waals surface area contributed by atoms with Crippen LogP contribution in [0.15, 0.2) is 35.9 Å². The lowest BCUT2D eigenvalue weighted by molar-refractivity contribution is 0.104. The highest BCUT2D eigenvalue weighted by Crippen LogP contribution is 2.15. The standard InChI is InChI=1S/C9H6Cl2O/c10-6-5-9(12)7-3-1-2-4-8(7)11/h1-6H/b6-5+. The molecule has 0 aliphatic heterocycles. The first kappa shape index (κ1) is 9.30. The third-order valence-corrected chi connectivity index (χ3v) is 1.81. The van der Waals surface area contributed by atoms with Gasteiger partial charge in [0.25, 0.3) is 0 Å². The second-order valence-electron chi connectivity index (χ2n) is 2.14. The van der Waals surface area contributed by atoms with Crippen LogP contribution in [0.3, 0.4) is 0 Å². The molecule has 1 aromatic carbocycles. The van der Waals surface area contributed by atoms with Gasteiger partial charge in [-0.2, -0.15) is 0 Å². The fourth-order valence-electron chi connectivity index (χ4n) is 0.808. The predicted octanol–water partition coefficient (Wildman–Crippen LogP) is 3.28. The van der Waals surface area contributed by atoms with Crippen LogP contribution in [-0.2, 0) is 0 Å². The Labute approximate surface area is 80.6 Å². The molecule has 0 spiro atoms. The molecule has 0 amide bonds. The predicted molar refractivity (Wildman–Crippen MR) is 50.8 cm³/mol. The number of halogens is 2. The van der Waals surface area contributed by atoms with Crippen LogP contribution in [0.1, 0.15) is 10.4 Å². The summed E-state index contributed by atoms with van der Waals surface area (Å²) in [6.07, 6.45) is 1.27. The number of hydrogen-bond donors (Lipinski definition) is 0. The van der Waals surface area contributed by atoms with E-state index in [4.69, 9.17) is 23.2 Å². The van der Waals surface area contributed by atoms with Gasteiger partial charge in [-0.3, -0.25) is 4.79 Å². The Bertz CT molecular complexity index is 318. The summed E-state index contributed by atoms with van der Waals surface area (Å²) in [5, 5.41) is 0.442. The zero-order chi connectivity index (χ0) is 8.97. The van der Waals surface area contributed by atoms with E-state index < -0.39 is 0 Å². The third kappa shape index (κ3) is 2.10. The number of allylic oxidation sites excluding steroid dienone is 1. The molecule has 12 heavy (non-hydrogen) atoms. The highest BCUT2D eigenvalue weighted by atomic mass is 35.5. The molecule has 3 heteroatoms. The summed E-state index contributed by atoms with van der Waals surface area (Å²) in [6.45, 7) is 0. The summed E-state index contributed by atoms with van der Waals surface area (Å²) in [5.74, 6) is -0.185. The molecule has 62 valence electrons. The van der Waals surface area contributed by atoms with Crippen molar-refractivity contribution in [3.05, 3.63) is 46.5 Å². The van der Waals surface area contributed by atoms with Crippen molar-refractivity contribution in [2.24, 2.45) is 0 Å². The number of carbonyl (C=O) groups is 1. The molecule has 0 N–H and O–H groups in total. The highest BCUT2D eigenvalue weighted by molar-refractivity contribution is 6.35. The molecule has 0 atom stereocenters. The van der Waals surface area contributed by atoms with E-state index in [9.17, 15) is 4.79 Å². The van der Waals surface area contributed by atoms with Gasteiger partial charge in [0.15, 0.2) is 5.78 Å². The van der Waals surface area contributed by atoms with E-state index in [2.05, 4.69) is 0 Å².